The van der Waals surface area contributed by atoms with Gasteiger partial charge in [-0.1, -0.05) is 36.8 Å². The van der Waals surface area contributed by atoms with Crippen LogP contribution in [-0.4, -0.2) is 57.3 Å². The van der Waals surface area contributed by atoms with Gasteiger partial charge in [-0.05, 0) is 49.6 Å². The van der Waals surface area contributed by atoms with Crippen molar-refractivity contribution >= 4 is 11.8 Å². The van der Waals surface area contributed by atoms with E-state index >= 15 is 0 Å². The van der Waals surface area contributed by atoms with Gasteiger partial charge in [-0.25, -0.2) is 4.98 Å². The number of carbonyl (C=O) groups excluding carboxylic acids is 2. The van der Waals surface area contributed by atoms with Gasteiger partial charge in [-0.3, -0.25) is 14.6 Å². The number of likely N-dealkylation sites (tertiary alicyclic amines) is 2. The predicted molar refractivity (Wildman–Crippen MR) is 132 cm³/mol. The number of nitrogens with zero attached hydrogens (tertiary/aromatic N) is 4. The fourth-order valence-corrected chi connectivity index (χ4v) is 5.47. The predicted octanol–water partition coefficient (Wildman–Crippen LogP) is 4.59. The number of hydrogen-bond acceptors (Lipinski definition) is 5. The molecule has 0 saturated carbocycles. The second-order valence-electron chi connectivity index (χ2n) is 9.51. The lowest BCUT2D eigenvalue weighted by Crippen LogP contribution is -2.53. The molecule has 2 fully saturated rings. The Hall–Kier alpha value is -3.74. The van der Waals surface area contributed by atoms with Gasteiger partial charge in [0.2, 0.25) is 11.8 Å². The molecule has 7 heteroatoms. The Balaban J connectivity index is 1.48. The van der Waals surface area contributed by atoms with Crippen LogP contribution in [0.1, 0.15) is 53.2 Å². The molecule has 180 valence electrons. The van der Waals surface area contributed by atoms with Crippen molar-refractivity contribution in [1.82, 2.24) is 19.8 Å². The summed E-state index contributed by atoms with van der Waals surface area (Å²) in [6.45, 7) is 2.91. The summed E-state index contributed by atoms with van der Waals surface area (Å²) in [5.41, 5.74) is 2.00. The lowest BCUT2D eigenvalue weighted by molar-refractivity contribution is -0.134. The van der Waals surface area contributed by atoms with Crippen molar-refractivity contribution in [2.75, 3.05) is 20.1 Å². The van der Waals surface area contributed by atoms with E-state index in [0.29, 0.717) is 30.8 Å². The number of hydrogen-bond donors (Lipinski definition) is 0. The minimum Gasteiger partial charge on any atom is -0.437 e. The molecular formula is C28H30N4O3. The van der Waals surface area contributed by atoms with Crippen LogP contribution in [0.25, 0.3) is 0 Å². The van der Waals surface area contributed by atoms with Crippen LogP contribution in [0.2, 0.25) is 0 Å². The molecule has 2 saturated heterocycles. The van der Waals surface area contributed by atoms with E-state index in [1.165, 1.54) is 0 Å². The van der Waals surface area contributed by atoms with Crippen molar-refractivity contribution in [3.63, 3.8) is 0 Å². The fraction of sp³-hybridized carbons (Fsp3) is 0.357. The van der Waals surface area contributed by atoms with Crippen LogP contribution in [0, 0.1) is 6.92 Å². The summed E-state index contributed by atoms with van der Waals surface area (Å²) in [7, 11) is 1.90. The average molecular weight is 471 g/mol. The lowest BCUT2D eigenvalue weighted by atomic mass is 9.78. The van der Waals surface area contributed by atoms with Crippen molar-refractivity contribution in [3.05, 3.63) is 83.8 Å². The van der Waals surface area contributed by atoms with Gasteiger partial charge in [0, 0.05) is 44.4 Å². The zero-order chi connectivity index (χ0) is 24.4. The third kappa shape index (κ3) is 4.38. The number of pyridine rings is 2. The first-order chi connectivity index (χ1) is 17.0. The van der Waals surface area contributed by atoms with Crippen LogP contribution in [-0.2, 0) is 4.79 Å². The molecule has 0 bridgehead atoms. The third-order valence-electron chi connectivity index (χ3n) is 7.40. The van der Waals surface area contributed by atoms with Gasteiger partial charge in [0.25, 0.3) is 5.91 Å². The monoisotopic (exact) mass is 470 g/mol. The molecule has 1 aromatic carbocycles. The average Bonchev–Trinajstić information content (AvgIpc) is 3.22. The van der Waals surface area contributed by atoms with Crippen molar-refractivity contribution in [1.29, 1.82) is 0 Å². The van der Waals surface area contributed by atoms with E-state index in [1.807, 2.05) is 54.1 Å². The molecule has 5 rings (SSSR count). The van der Waals surface area contributed by atoms with Gasteiger partial charge in [0.05, 0.1) is 11.7 Å². The first-order valence-corrected chi connectivity index (χ1v) is 12.1. The van der Waals surface area contributed by atoms with Gasteiger partial charge in [0.15, 0.2) is 0 Å². The smallest absolute Gasteiger partial charge is 0.259 e. The van der Waals surface area contributed by atoms with Gasteiger partial charge in [-0.2, -0.15) is 0 Å². The number of carbonyl (C=O) groups is 2. The Labute approximate surface area is 205 Å². The number of ether oxygens (including phenoxy) is 1. The first-order valence-electron chi connectivity index (χ1n) is 12.1. The molecule has 2 atom stereocenters. The largest absolute Gasteiger partial charge is 0.437 e. The molecule has 4 heterocycles. The molecule has 1 unspecified atom stereocenters. The highest BCUT2D eigenvalue weighted by Crippen LogP contribution is 2.45. The summed E-state index contributed by atoms with van der Waals surface area (Å²) in [6, 6.07) is 17.4. The zero-order valence-electron chi connectivity index (χ0n) is 20.2. The Morgan fingerprint density at radius 2 is 1.89 bits per heavy atom. The minimum absolute atomic E-state index is 0.0297. The quantitative estimate of drug-likeness (QED) is 0.558. The Bertz CT molecular complexity index is 1210. The van der Waals surface area contributed by atoms with Crippen molar-refractivity contribution in [3.8, 4) is 11.6 Å². The Morgan fingerprint density at radius 1 is 1.06 bits per heavy atom. The minimum atomic E-state index is -0.436. The number of benzene rings is 1. The van der Waals surface area contributed by atoms with Crippen molar-refractivity contribution in [2.24, 2.45) is 0 Å². The highest BCUT2D eigenvalue weighted by atomic mass is 16.5. The molecule has 0 N–H and O–H groups in total. The number of rotatable bonds is 4. The van der Waals surface area contributed by atoms with Gasteiger partial charge >= 0.3 is 0 Å². The van der Waals surface area contributed by atoms with Crippen molar-refractivity contribution in [2.45, 2.75) is 44.1 Å². The molecule has 35 heavy (non-hydrogen) atoms. The number of aromatic nitrogens is 2. The first kappa shape index (κ1) is 23.0. The Morgan fingerprint density at radius 3 is 2.66 bits per heavy atom. The lowest BCUT2D eigenvalue weighted by Gasteiger charge is -2.42. The summed E-state index contributed by atoms with van der Waals surface area (Å²) < 4.78 is 5.97. The van der Waals surface area contributed by atoms with Gasteiger partial charge < -0.3 is 14.5 Å². The van der Waals surface area contributed by atoms with E-state index in [4.69, 9.17) is 4.74 Å². The van der Waals surface area contributed by atoms with Crippen molar-refractivity contribution < 1.29 is 14.3 Å². The SMILES string of the molecule is Cc1ccc(Oc2ncccc2C(=O)N2CC(c3ccccc3)[C@@]3(CCCCC(=O)N3C)C2)cn1. The molecule has 1 spiro atoms. The molecule has 7 nitrogen and oxygen atoms in total. The van der Waals surface area contributed by atoms with E-state index in [9.17, 15) is 9.59 Å². The van der Waals surface area contributed by atoms with E-state index in [2.05, 4.69) is 22.1 Å². The maximum atomic E-state index is 13.9. The second-order valence-corrected chi connectivity index (χ2v) is 9.51. The highest BCUT2D eigenvalue weighted by molar-refractivity contribution is 5.97. The third-order valence-corrected chi connectivity index (χ3v) is 7.40. The summed E-state index contributed by atoms with van der Waals surface area (Å²) in [5, 5.41) is 0. The Kier molecular flexibility index (Phi) is 6.24. The number of likely N-dealkylation sites (N-methyl/N-ethyl adjacent to an activating group) is 1. The molecule has 0 aliphatic carbocycles. The molecular weight excluding hydrogens is 440 g/mol. The number of amides is 2. The van der Waals surface area contributed by atoms with E-state index in [1.54, 1.807) is 24.5 Å². The zero-order valence-corrected chi connectivity index (χ0v) is 20.2. The van der Waals surface area contributed by atoms with Crippen LogP contribution in [0.3, 0.4) is 0 Å². The van der Waals surface area contributed by atoms with Crippen LogP contribution in [0.4, 0.5) is 0 Å². The fourth-order valence-electron chi connectivity index (χ4n) is 5.47. The van der Waals surface area contributed by atoms with Gasteiger partial charge in [-0.15, -0.1) is 0 Å². The molecule has 0 radical (unpaired) electrons. The topological polar surface area (TPSA) is 75.6 Å². The van der Waals surface area contributed by atoms with Crippen LogP contribution < -0.4 is 4.74 Å². The molecule has 2 aliphatic heterocycles. The maximum Gasteiger partial charge on any atom is 0.259 e. The summed E-state index contributed by atoms with van der Waals surface area (Å²) in [6.07, 6.45) is 6.50. The molecule has 2 aliphatic rings. The standard InChI is InChI=1S/C28H30N4O3/c1-20-13-14-22(17-30-20)35-26-23(11-8-16-29-26)27(34)32-18-24(21-9-4-3-5-10-21)28(19-32)15-7-6-12-25(33)31(28)2/h3-5,8-11,13-14,16-17,24H,6-7,12,15,18-19H2,1-2H3/t24?,28-/m1/s1. The summed E-state index contributed by atoms with van der Waals surface area (Å²) in [4.78, 5) is 39.2. The number of aryl methyl sites for hydroxylation is 1. The highest BCUT2D eigenvalue weighted by Gasteiger charge is 2.53. The maximum absolute atomic E-state index is 13.9. The molecule has 2 aromatic heterocycles. The van der Waals surface area contributed by atoms with E-state index < -0.39 is 5.54 Å². The normalized spacial score (nSPS) is 22.3. The van der Waals surface area contributed by atoms with Gasteiger partial charge in [0.1, 0.15) is 11.3 Å². The molecule has 3 aromatic rings. The van der Waals surface area contributed by atoms with Crippen LogP contribution >= 0.6 is 0 Å². The van der Waals surface area contributed by atoms with Crippen LogP contribution in [0.15, 0.2) is 67.0 Å². The summed E-state index contributed by atoms with van der Waals surface area (Å²) >= 11 is 0. The van der Waals surface area contributed by atoms with E-state index in [0.717, 1.165) is 30.5 Å². The second kappa shape index (κ2) is 9.49. The van der Waals surface area contributed by atoms with Crippen LogP contribution in [0.5, 0.6) is 11.6 Å². The molecule has 2 amide bonds. The summed E-state index contributed by atoms with van der Waals surface area (Å²) in [5.74, 6) is 0.816. The van der Waals surface area contributed by atoms with E-state index in [-0.39, 0.29) is 23.6 Å².